The number of hydrogen-bond donors (Lipinski definition) is 1. The summed E-state index contributed by atoms with van der Waals surface area (Å²) in [6, 6.07) is 14.2. The molecule has 2 aromatic carbocycles. The fourth-order valence-corrected chi connectivity index (χ4v) is 4.30. The summed E-state index contributed by atoms with van der Waals surface area (Å²) in [6.45, 7) is 0.557. The first-order chi connectivity index (χ1) is 12.5. The maximum atomic E-state index is 12.1. The van der Waals surface area contributed by atoms with Crippen LogP contribution in [-0.2, 0) is 21.4 Å². The lowest BCUT2D eigenvalue weighted by Crippen LogP contribution is -2.25. The zero-order chi connectivity index (χ0) is 18.6. The van der Waals surface area contributed by atoms with Crippen molar-refractivity contribution in [1.82, 2.24) is 0 Å². The molecule has 0 bridgehead atoms. The van der Waals surface area contributed by atoms with E-state index in [1.54, 1.807) is 18.2 Å². The smallest absolute Gasteiger partial charge is 0.412 e. The molecule has 1 N–H and O–H groups in total. The lowest BCUT2D eigenvalue weighted by atomic mass is 10.2. The lowest BCUT2D eigenvalue weighted by Gasteiger charge is -2.19. The van der Waals surface area contributed by atoms with Gasteiger partial charge in [-0.05, 0) is 30.2 Å². The first-order valence-corrected chi connectivity index (χ1v) is 9.77. The van der Waals surface area contributed by atoms with Crippen LogP contribution in [0.2, 0.25) is 0 Å². The van der Waals surface area contributed by atoms with Crippen LogP contribution in [0, 0.1) is 0 Å². The van der Waals surface area contributed by atoms with Crippen LogP contribution in [0.3, 0.4) is 0 Å². The molecule has 1 aliphatic rings. The van der Waals surface area contributed by atoms with E-state index in [-0.39, 0.29) is 12.4 Å². The Hall–Kier alpha value is -2.74. The molecule has 2 aromatic rings. The highest BCUT2D eigenvalue weighted by Gasteiger charge is 2.29. The van der Waals surface area contributed by atoms with Crippen LogP contribution in [0.15, 0.2) is 48.5 Å². The monoisotopic (exact) mass is 376 g/mol. The summed E-state index contributed by atoms with van der Waals surface area (Å²) in [5.74, 6) is 0.544. The van der Waals surface area contributed by atoms with E-state index in [9.17, 15) is 13.2 Å². The van der Waals surface area contributed by atoms with E-state index in [1.807, 2.05) is 30.3 Å². The molecule has 0 spiro atoms. The number of anilines is 2. The number of nitrogens with zero attached hydrogens (tertiary/aromatic N) is 1. The molecule has 0 atom stereocenters. The minimum Gasteiger partial charge on any atom is -0.495 e. The summed E-state index contributed by atoms with van der Waals surface area (Å²) in [7, 11) is -1.83. The van der Waals surface area contributed by atoms with Crippen molar-refractivity contribution in [1.29, 1.82) is 0 Å². The highest BCUT2D eigenvalue weighted by molar-refractivity contribution is 7.93. The third-order valence-corrected chi connectivity index (χ3v) is 5.89. The molecule has 1 saturated heterocycles. The van der Waals surface area contributed by atoms with Gasteiger partial charge in [-0.2, -0.15) is 0 Å². The Balaban J connectivity index is 1.73. The molecule has 1 fully saturated rings. The number of benzene rings is 2. The van der Waals surface area contributed by atoms with Gasteiger partial charge in [0, 0.05) is 6.54 Å². The van der Waals surface area contributed by atoms with Crippen molar-refractivity contribution < 1.29 is 22.7 Å². The minimum absolute atomic E-state index is 0.126. The minimum atomic E-state index is -3.30. The molecule has 3 rings (SSSR count). The fourth-order valence-electron chi connectivity index (χ4n) is 2.75. The largest absolute Gasteiger partial charge is 0.495 e. The molecule has 1 amide bonds. The van der Waals surface area contributed by atoms with E-state index in [1.165, 1.54) is 11.4 Å². The van der Waals surface area contributed by atoms with E-state index in [2.05, 4.69) is 5.32 Å². The Morgan fingerprint density at radius 1 is 1.19 bits per heavy atom. The normalized spacial score (nSPS) is 15.5. The van der Waals surface area contributed by atoms with Crippen molar-refractivity contribution in [2.45, 2.75) is 13.0 Å². The average Bonchev–Trinajstić information content (AvgIpc) is 3.00. The molecule has 0 radical (unpaired) electrons. The number of nitrogens with one attached hydrogen (secondary N) is 1. The number of carbonyl (C=O) groups is 1. The Bertz CT molecular complexity index is 884. The molecular formula is C18H20N2O5S. The summed E-state index contributed by atoms with van der Waals surface area (Å²) in [4.78, 5) is 12.1. The Kier molecular flexibility index (Phi) is 5.32. The van der Waals surface area contributed by atoms with Crippen LogP contribution in [0.1, 0.15) is 12.0 Å². The highest BCUT2D eigenvalue weighted by atomic mass is 32.2. The Morgan fingerprint density at radius 3 is 2.62 bits per heavy atom. The van der Waals surface area contributed by atoms with Crippen LogP contribution in [0.5, 0.6) is 5.75 Å². The molecule has 26 heavy (non-hydrogen) atoms. The molecule has 1 heterocycles. The summed E-state index contributed by atoms with van der Waals surface area (Å²) in [5, 5.41) is 2.62. The summed E-state index contributed by atoms with van der Waals surface area (Å²) >= 11 is 0. The highest BCUT2D eigenvalue weighted by Crippen LogP contribution is 2.32. The molecule has 138 valence electrons. The van der Waals surface area contributed by atoms with Crippen molar-refractivity contribution in [3.63, 3.8) is 0 Å². The zero-order valence-corrected chi connectivity index (χ0v) is 15.2. The molecule has 0 unspecified atom stereocenters. The number of carbonyl (C=O) groups excluding carboxylic acids is 1. The van der Waals surface area contributed by atoms with E-state index in [4.69, 9.17) is 9.47 Å². The second kappa shape index (κ2) is 7.65. The van der Waals surface area contributed by atoms with Gasteiger partial charge in [0.2, 0.25) is 10.0 Å². The van der Waals surface area contributed by atoms with Gasteiger partial charge >= 0.3 is 6.09 Å². The van der Waals surface area contributed by atoms with Gasteiger partial charge in [-0.25, -0.2) is 13.2 Å². The van der Waals surface area contributed by atoms with Crippen LogP contribution >= 0.6 is 0 Å². The molecular weight excluding hydrogens is 356 g/mol. The van der Waals surface area contributed by atoms with Gasteiger partial charge in [0.15, 0.2) is 0 Å². The summed E-state index contributed by atoms with van der Waals surface area (Å²) in [5.41, 5.74) is 1.71. The second-order valence-electron chi connectivity index (χ2n) is 5.81. The van der Waals surface area contributed by atoms with Gasteiger partial charge in [0.05, 0.1) is 24.2 Å². The van der Waals surface area contributed by atoms with Crippen molar-refractivity contribution >= 4 is 27.5 Å². The van der Waals surface area contributed by atoms with Crippen molar-refractivity contribution in [3.05, 3.63) is 54.1 Å². The molecule has 0 aliphatic carbocycles. The fraction of sp³-hybridized carbons (Fsp3) is 0.278. The molecule has 1 aliphatic heterocycles. The van der Waals surface area contributed by atoms with Crippen LogP contribution < -0.4 is 14.4 Å². The molecule has 8 heteroatoms. The van der Waals surface area contributed by atoms with Crippen molar-refractivity contribution in [2.75, 3.05) is 29.0 Å². The third-order valence-electron chi connectivity index (χ3n) is 4.02. The van der Waals surface area contributed by atoms with Crippen LogP contribution in [0.4, 0.5) is 16.2 Å². The standard InChI is InChI=1S/C18H20N2O5S/c1-24-17-9-8-15(20-10-5-11-26(20,22)23)12-16(17)19-18(21)25-13-14-6-3-2-4-7-14/h2-4,6-9,12H,5,10-11,13H2,1H3,(H,19,21). The van der Waals surface area contributed by atoms with E-state index < -0.39 is 16.1 Å². The van der Waals surface area contributed by atoms with Gasteiger partial charge < -0.3 is 9.47 Å². The average molecular weight is 376 g/mol. The molecule has 0 aromatic heterocycles. The maximum absolute atomic E-state index is 12.1. The SMILES string of the molecule is COc1ccc(N2CCCS2(=O)=O)cc1NC(=O)OCc1ccccc1. The van der Waals surface area contributed by atoms with Gasteiger partial charge in [0.25, 0.3) is 0 Å². The summed E-state index contributed by atoms with van der Waals surface area (Å²) in [6.07, 6.45) is -0.0652. The number of sulfonamides is 1. The predicted octanol–water partition coefficient (Wildman–Crippen LogP) is 2.98. The first kappa shape index (κ1) is 18.1. The van der Waals surface area contributed by atoms with Crippen LogP contribution in [0.25, 0.3) is 0 Å². The number of hydrogen-bond acceptors (Lipinski definition) is 5. The van der Waals surface area contributed by atoms with Crippen LogP contribution in [-0.4, -0.2) is 33.9 Å². The van der Waals surface area contributed by atoms with Gasteiger partial charge in [-0.15, -0.1) is 0 Å². The predicted molar refractivity (Wildman–Crippen MR) is 99.0 cm³/mol. The second-order valence-corrected chi connectivity index (χ2v) is 7.83. The quantitative estimate of drug-likeness (QED) is 0.867. The maximum Gasteiger partial charge on any atom is 0.412 e. The molecule has 0 saturated carbocycles. The number of amides is 1. The number of methoxy groups -OCH3 is 1. The van der Waals surface area contributed by atoms with Crippen molar-refractivity contribution in [3.8, 4) is 5.75 Å². The summed E-state index contributed by atoms with van der Waals surface area (Å²) < 4.78 is 36.0. The van der Waals surface area contributed by atoms with E-state index >= 15 is 0 Å². The molecule has 7 nitrogen and oxygen atoms in total. The third kappa shape index (κ3) is 4.08. The van der Waals surface area contributed by atoms with Gasteiger partial charge in [0.1, 0.15) is 12.4 Å². The van der Waals surface area contributed by atoms with Crippen molar-refractivity contribution in [2.24, 2.45) is 0 Å². The van der Waals surface area contributed by atoms with E-state index in [0.29, 0.717) is 30.1 Å². The van der Waals surface area contributed by atoms with Gasteiger partial charge in [-0.3, -0.25) is 9.62 Å². The zero-order valence-electron chi connectivity index (χ0n) is 14.3. The first-order valence-electron chi connectivity index (χ1n) is 8.16. The lowest BCUT2D eigenvalue weighted by molar-refractivity contribution is 0.155. The number of rotatable bonds is 5. The topological polar surface area (TPSA) is 84.9 Å². The Labute approximate surface area is 152 Å². The van der Waals surface area contributed by atoms with E-state index in [0.717, 1.165) is 5.56 Å². The van der Waals surface area contributed by atoms with Gasteiger partial charge in [-0.1, -0.05) is 30.3 Å². The Morgan fingerprint density at radius 2 is 1.96 bits per heavy atom. The number of ether oxygens (including phenoxy) is 2.